The number of hydrogen-bond donors (Lipinski definition) is 2. The Hall–Kier alpha value is -6.68. The van der Waals surface area contributed by atoms with Crippen molar-refractivity contribution in [2.45, 2.75) is 66.8 Å². The lowest BCUT2D eigenvalue weighted by Gasteiger charge is -2.12. The van der Waals surface area contributed by atoms with Crippen LogP contribution in [0.15, 0.2) is 144 Å². The first kappa shape index (κ1) is 42.3. The molecule has 5 heterocycles. The summed E-state index contributed by atoms with van der Waals surface area (Å²) in [5.74, 6) is 0.783. The molecule has 0 bridgehead atoms. The van der Waals surface area contributed by atoms with Crippen LogP contribution in [0.25, 0.3) is 56.3 Å². The van der Waals surface area contributed by atoms with E-state index in [1.807, 2.05) is 91.1 Å². The van der Waals surface area contributed by atoms with Gasteiger partial charge in [-0.25, -0.2) is 28.4 Å². The fourth-order valence-corrected chi connectivity index (χ4v) is 9.51. The lowest BCUT2D eigenvalue weighted by Crippen LogP contribution is -2.25. The maximum absolute atomic E-state index is 12.4. The van der Waals surface area contributed by atoms with Crippen molar-refractivity contribution in [3.8, 4) is 45.0 Å². The van der Waals surface area contributed by atoms with Crippen LogP contribution in [0, 0.1) is 0 Å². The van der Waals surface area contributed by atoms with E-state index in [4.69, 9.17) is 14.7 Å². The molecule has 3 aliphatic rings. The standard InChI is InChI=1S/C27H26N4O2S.C23H20N4O3S/c32-26(29-21-12-13-21)20-10-8-19(9-11-20)24-15-28-25-27(34-17-22-7-4-14-33-22)30-23(16-31(24)25)18-5-2-1-3-6-18;1-31(29,30)23-21-24-13-20(27(21)14-19(26-23)15-5-3-2-4-6-15)16-7-9-17(10-8-16)22(28)25-18-11-12-18/h1-3,5-6,8-11,15-16,21-22H,4,7,12-14,17H2,(H,29,32);2-10,13-14,18H,11-12H2,1H3,(H,25,28). The Kier molecular flexibility index (Phi) is 11.8. The van der Waals surface area contributed by atoms with E-state index in [0.717, 1.165) is 101 Å². The smallest absolute Gasteiger partial charge is 0.251 e. The molecule has 1 aliphatic heterocycles. The quantitative estimate of drug-likeness (QED) is 0.114. The summed E-state index contributed by atoms with van der Waals surface area (Å²) in [6.07, 6.45) is 15.2. The summed E-state index contributed by atoms with van der Waals surface area (Å²) in [6.45, 7) is 0.848. The van der Waals surface area contributed by atoms with Crippen LogP contribution in [0.5, 0.6) is 0 Å². The van der Waals surface area contributed by atoms with Crippen molar-refractivity contribution in [1.29, 1.82) is 0 Å². The van der Waals surface area contributed by atoms with Gasteiger partial charge in [-0.3, -0.25) is 18.4 Å². The Morgan fingerprint density at radius 3 is 1.62 bits per heavy atom. The van der Waals surface area contributed by atoms with Gasteiger partial charge in [-0.05, 0) is 62.8 Å². The number of fused-ring (bicyclic) bond motifs is 2. The number of thioether (sulfide) groups is 1. The molecule has 15 heteroatoms. The van der Waals surface area contributed by atoms with Crippen molar-refractivity contribution in [3.05, 3.63) is 145 Å². The third kappa shape index (κ3) is 9.58. The summed E-state index contributed by atoms with van der Waals surface area (Å²) < 4.78 is 34.5. The predicted molar refractivity (Wildman–Crippen MR) is 252 cm³/mol. The Labute approximate surface area is 380 Å². The van der Waals surface area contributed by atoms with Crippen molar-refractivity contribution in [2.24, 2.45) is 0 Å². The van der Waals surface area contributed by atoms with Gasteiger partial charge < -0.3 is 15.4 Å². The van der Waals surface area contributed by atoms with Gasteiger partial charge in [0.1, 0.15) is 5.03 Å². The van der Waals surface area contributed by atoms with Gasteiger partial charge in [-0.15, -0.1) is 0 Å². The molecule has 4 aromatic carbocycles. The third-order valence-electron chi connectivity index (χ3n) is 11.6. The molecule has 65 heavy (non-hydrogen) atoms. The number of rotatable bonds is 12. The second-order valence-corrected chi connectivity index (χ2v) is 19.6. The summed E-state index contributed by atoms with van der Waals surface area (Å²) in [5, 5.41) is 6.86. The highest BCUT2D eigenvalue weighted by Crippen LogP contribution is 2.33. The molecule has 0 spiro atoms. The zero-order valence-corrected chi connectivity index (χ0v) is 37.3. The molecule has 11 rings (SSSR count). The van der Waals surface area contributed by atoms with Gasteiger partial charge in [-0.2, -0.15) is 0 Å². The van der Waals surface area contributed by atoms with Crippen LogP contribution in [0.3, 0.4) is 0 Å². The fraction of sp³-hybridized carbons (Fsp3) is 0.240. The molecule has 1 atom stereocenters. The Morgan fingerprint density at radius 1 is 0.646 bits per heavy atom. The molecule has 4 aromatic heterocycles. The van der Waals surface area contributed by atoms with E-state index in [0.29, 0.717) is 34.6 Å². The predicted octanol–water partition coefficient (Wildman–Crippen LogP) is 8.59. The Balaban J connectivity index is 0.000000154. The van der Waals surface area contributed by atoms with Crippen molar-refractivity contribution >= 4 is 44.7 Å². The van der Waals surface area contributed by atoms with E-state index in [1.54, 1.807) is 40.7 Å². The summed E-state index contributed by atoms with van der Waals surface area (Å²) in [5.41, 5.74) is 9.22. The first-order valence-corrected chi connectivity index (χ1v) is 24.7. The zero-order valence-electron chi connectivity index (χ0n) is 35.6. The SMILES string of the molecule is CS(=O)(=O)c1nc(-c2ccccc2)cn2c(-c3ccc(C(=O)NC4CC4)cc3)cnc12.O=C(NC1CC1)c1ccc(-c2cnc3c(SCC4CCCO4)nc(-c4ccccc4)cn23)cc1. The van der Waals surface area contributed by atoms with Crippen molar-refractivity contribution in [1.82, 2.24) is 39.4 Å². The number of nitrogens with zero attached hydrogens (tertiary/aromatic N) is 6. The molecule has 328 valence electrons. The molecule has 8 aromatic rings. The van der Waals surface area contributed by atoms with Gasteiger partial charge in [0.25, 0.3) is 11.8 Å². The zero-order chi connectivity index (χ0) is 44.5. The van der Waals surface area contributed by atoms with E-state index < -0.39 is 9.84 Å². The number of sulfone groups is 1. The van der Waals surface area contributed by atoms with Crippen LogP contribution in [0.4, 0.5) is 0 Å². The van der Waals surface area contributed by atoms with E-state index in [1.165, 1.54) is 0 Å². The van der Waals surface area contributed by atoms with Crippen LogP contribution in [0.2, 0.25) is 0 Å². The number of benzene rings is 4. The maximum atomic E-state index is 12.4. The van der Waals surface area contributed by atoms with Crippen LogP contribution >= 0.6 is 11.8 Å². The molecular weight excluding hydrogens is 857 g/mol. The highest BCUT2D eigenvalue weighted by molar-refractivity contribution is 7.99. The maximum Gasteiger partial charge on any atom is 0.251 e. The monoisotopic (exact) mass is 902 g/mol. The number of amides is 2. The van der Waals surface area contributed by atoms with E-state index in [2.05, 4.69) is 43.3 Å². The number of aromatic nitrogens is 6. The minimum absolute atomic E-state index is 0.00410. The van der Waals surface area contributed by atoms with E-state index in [9.17, 15) is 18.0 Å². The average Bonchev–Trinajstić information content (AvgIpc) is 4.16. The number of nitrogens with one attached hydrogen (secondary N) is 2. The number of carbonyl (C=O) groups is 2. The van der Waals surface area contributed by atoms with Gasteiger partial charge in [-0.1, -0.05) is 96.7 Å². The molecule has 1 saturated heterocycles. The molecule has 2 aliphatic carbocycles. The van der Waals surface area contributed by atoms with E-state index in [-0.39, 0.29) is 28.6 Å². The Morgan fingerprint density at radius 2 is 1.14 bits per heavy atom. The van der Waals surface area contributed by atoms with Crippen LogP contribution in [-0.2, 0) is 14.6 Å². The van der Waals surface area contributed by atoms with Gasteiger partial charge in [0.05, 0.1) is 41.3 Å². The third-order valence-corrected chi connectivity index (χ3v) is 13.6. The van der Waals surface area contributed by atoms with Crippen molar-refractivity contribution < 1.29 is 22.7 Å². The van der Waals surface area contributed by atoms with Gasteiger partial charge >= 0.3 is 0 Å². The summed E-state index contributed by atoms with van der Waals surface area (Å²) >= 11 is 1.71. The lowest BCUT2D eigenvalue weighted by molar-refractivity contribution is 0.0942. The van der Waals surface area contributed by atoms with Crippen molar-refractivity contribution in [2.75, 3.05) is 18.6 Å². The Bertz CT molecular complexity index is 3130. The normalized spacial score (nSPS) is 16.0. The highest BCUT2D eigenvalue weighted by atomic mass is 32.2. The summed E-state index contributed by atoms with van der Waals surface area (Å²) in [7, 11) is -3.60. The second-order valence-electron chi connectivity index (χ2n) is 16.6. The second kappa shape index (κ2) is 18.1. The minimum atomic E-state index is -3.60. The lowest BCUT2D eigenvalue weighted by atomic mass is 10.1. The van der Waals surface area contributed by atoms with Crippen LogP contribution in [0.1, 0.15) is 59.2 Å². The number of imidazole rings is 2. The molecule has 2 saturated carbocycles. The van der Waals surface area contributed by atoms with Crippen molar-refractivity contribution in [3.63, 3.8) is 0 Å². The largest absolute Gasteiger partial charge is 0.377 e. The number of hydrogen-bond acceptors (Lipinski definition) is 10. The van der Waals surface area contributed by atoms with Gasteiger partial charge in [0.2, 0.25) is 0 Å². The fourth-order valence-electron chi connectivity index (χ4n) is 7.71. The van der Waals surface area contributed by atoms with Crippen LogP contribution in [-0.4, -0.2) is 85.8 Å². The summed E-state index contributed by atoms with van der Waals surface area (Å²) in [4.78, 5) is 43.1. The molecule has 0 radical (unpaired) electrons. The first-order chi connectivity index (χ1) is 31.6. The molecule has 3 fully saturated rings. The highest BCUT2D eigenvalue weighted by Gasteiger charge is 2.26. The average molecular weight is 903 g/mol. The first-order valence-electron chi connectivity index (χ1n) is 21.8. The van der Waals surface area contributed by atoms with Gasteiger partial charge in [0.15, 0.2) is 26.2 Å². The molecule has 2 amide bonds. The molecule has 13 nitrogen and oxygen atoms in total. The number of ether oxygens (including phenoxy) is 1. The number of carbonyl (C=O) groups excluding carboxylic acids is 2. The summed E-state index contributed by atoms with van der Waals surface area (Å²) in [6, 6.07) is 35.2. The molecular formula is C50H46N8O5S2. The molecule has 2 N–H and O–H groups in total. The molecule has 1 unspecified atom stereocenters. The van der Waals surface area contributed by atoms with E-state index >= 15 is 0 Å². The van der Waals surface area contributed by atoms with Crippen LogP contribution < -0.4 is 10.6 Å². The van der Waals surface area contributed by atoms with Gasteiger partial charge in [0, 0.05) is 76.5 Å². The minimum Gasteiger partial charge on any atom is -0.377 e. The topological polar surface area (TPSA) is 162 Å².